The molecule has 4 aromatic rings. The first-order valence-electron chi connectivity index (χ1n) is 16.2. The summed E-state index contributed by atoms with van der Waals surface area (Å²) in [5, 5.41) is 15.5. The number of amides is 2. The number of anilines is 1. The van der Waals surface area contributed by atoms with Gasteiger partial charge >= 0.3 is 6.03 Å². The molecular weight excluding hydrogens is 576 g/mol. The van der Waals surface area contributed by atoms with Gasteiger partial charge in [-0.2, -0.15) is 0 Å². The molecule has 0 saturated carbocycles. The number of aliphatic hydroxyl groups excluding tert-OH is 1. The van der Waals surface area contributed by atoms with Crippen LogP contribution in [0.1, 0.15) is 47.1 Å². The highest BCUT2D eigenvalue weighted by atomic mass is 16.7. The first kappa shape index (κ1) is 31.9. The van der Waals surface area contributed by atoms with Crippen LogP contribution in [0.2, 0.25) is 0 Å². The van der Waals surface area contributed by atoms with Crippen molar-refractivity contribution in [1.82, 2.24) is 15.1 Å². The van der Waals surface area contributed by atoms with Crippen LogP contribution in [0.4, 0.5) is 10.5 Å². The summed E-state index contributed by atoms with van der Waals surface area (Å²) in [6, 6.07) is 35.9. The van der Waals surface area contributed by atoms with Crippen LogP contribution in [0, 0.1) is 5.92 Å². The number of nitrogens with one attached hydrogen (secondary N) is 2. The molecule has 4 atom stereocenters. The maximum Gasteiger partial charge on any atom is 0.319 e. The van der Waals surface area contributed by atoms with Gasteiger partial charge in [-0.1, -0.05) is 104 Å². The van der Waals surface area contributed by atoms with Crippen LogP contribution in [0.15, 0.2) is 109 Å². The predicted octanol–water partition coefficient (Wildman–Crippen LogP) is 6.11. The Kier molecular flexibility index (Phi) is 10.7. The van der Waals surface area contributed by atoms with E-state index in [1.165, 1.54) is 5.56 Å². The van der Waals surface area contributed by atoms with Gasteiger partial charge in [0.05, 0.1) is 18.8 Å². The Morgan fingerprint density at radius 2 is 1.43 bits per heavy atom. The van der Waals surface area contributed by atoms with Gasteiger partial charge in [-0.15, -0.1) is 0 Å². The van der Waals surface area contributed by atoms with Crippen molar-refractivity contribution in [3.8, 4) is 0 Å². The van der Waals surface area contributed by atoms with Gasteiger partial charge in [0.1, 0.15) is 0 Å². The molecular formula is C38H44N4O4. The summed E-state index contributed by atoms with van der Waals surface area (Å²) in [5.41, 5.74) is 5.83. The lowest BCUT2D eigenvalue weighted by Gasteiger charge is -2.44. The number of hydrogen-bond donors (Lipinski definition) is 3. The van der Waals surface area contributed by atoms with Gasteiger partial charge in [0.2, 0.25) is 0 Å². The van der Waals surface area contributed by atoms with Crippen LogP contribution >= 0.6 is 0 Å². The zero-order valence-electron chi connectivity index (χ0n) is 26.4. The SMILES string of the molecule is C[C@@H]1[C@H](CN2CCN(Cc3ccccc3)CC2)O[C@H](c2cccc(NC(=O)NCc3ccccc3)c2)O[C@@H]1c1ccc(CO)cc1. The quantitative estimate of drug-likeness (QED) is 0.198. The summed E-state index contributed by atoms with van der Waals surface area (Å²) in [6.45, 7) is 8.43. The highest BCUT2D eigenvalue weighted by Gasteiger charge is 2.39. The van der Waals surface area contributed by atoms with Gasteiger partial charge in [-0.25, -0.2) is 4.79 Å². The van der Waals surface area contributed by atoms with E-state index in [1.807, 2.05) is 78.9 Å². The van der Waals surface area contributed by atoms with Gasteiger partial charge in [-0.05, 0) is 34.4 Å². The van der Waals surface area contributed by atoms with Crippen molar-refractivity contribution < 1.29 is 19.4 Å². The van der Waals surface area contributed by atoms with Crippen molar-refractivity contribution in [2.75, 3.05) is 38.0 Å². The molecule has 8 heteroatoms. The van der Waals surface area contributed by atoms with E-state index in [4.69, 9.17) is 9.47 Å². The predicted molar refractivity (Wildman–Crippen MR) is 180 cm³/mol. The van der Waals surface area contributed by atoms with Crippen molar-refractivity contribution in [2.24, 2.45) is 5.92 Å². The van der Waals surface area contributed by atoms with Crippen LogP contribution < -0.4 is 10.6 Å². The third-order valence-corrected chi connectivity index (χ3v) is 8.99. The van der Waals surface area contributed by atoms with Gasteiger partial charge in [0.15, 0.2) is 6.29 Å². The minimum absolute atomic E-state index is 0.00465. The largest absolute Gasteiger partial charge is 0.392 e. The van der Waals surface area contributed by atoms with Crippen molar-refractivity contribution in [2.45, 2.75) is 45.1 Å². The van der Waals surface area contributed by atoms with Gasteiger partial charge in [0.25, 0.3) is 0 Å². The minimum Gasteiger partial charge on any atom is -0.392 e. The minimum atomic E-state index is -0.600. The molecule has 2 aliphatic rings. The monoisotopic (exact) mass is 620 g/mol. The first-order valence-corrected chi connectivity index (χ1v) is 16.2. The fourth-order valence-corrected chi connectivity index (χ4v) is 6.27. The van der Waals surface area contributed by atoms with Crippen molar-refractivity contribution in [1.29, 1.82) is 0 Å². The molecule has 2 saturated heterocycles. The number of ether oxygens (including phenoxy) is 2. The molecule has 0 aromatic heterocycles. The van der Waals surface area contributed by atoms with Crippen LogP contribution in [-0.4, -0.2) is 59.8 Å². The van der Waals surface area contributed by atoms with E-state index in [0.29, 0.717) is 12.2 Å². The second-order valence-corrected chi connectivity index (χ2v) is 12.3. The van der Waals surface area contributed by atoms with E-state index in [9.17, 15) is 9.90 Å². The second-order valence-electron chi connectivity index (χ2n) is 12.3. The number of benzene rings is 4. The molecule has 0 aliphatic carbocycles. The summed E-state index contributed by atoms with van der Waals surface area (Å²) in [6.07, 6.45) is -0.855. The van der Waals surface area contributed by atoms with Crippen molar-refractivity contribution >= 4 is 11.7 Å². The van der Waals surface area contributed by atoms with Gasteiger partial charge < -0.3 is 25.2 Å². The summed E-state index contributed by atoms with van der Waals surface area (Å²) in [5.74, 6) is 0.101. The fraction of sp³-hybridized carbons (Fsp3) is 0.342. The Bertz CT molecular complexity index is 1530. The Hall–Kier alpha value is -4.05. The lowest BCUT2D eigenvalue weighted by atomic mass is 9.90. The molecule has 240 valence electrons. The Morgan fingerprint density at radius 1 is 0.761 bits per heavy atom. The number of rotatable bonds is 10. The van der Waals surface area contributed by atoms with Crippen molar-refractivity contribution in [3.63, 3.8) is 0 Å². The summed E-state index contributed by atoms with van der Waals surface area (Å²) >= 11 is 0. The number of urea groups is 1. The number of carbonyl (C=O) groups is 1. The number of hydrogen-bond acceptors (Lipinski definition) is 6. The lowest BCUT2D eigenvalue weighted by molar-refractivity contribution is -0.276. The number of aliphatic hydroxyl groups is 1. The smallest absolute Gasteiger partial charge is 0.319 e. The standard InChI is InChI=1S/C38H44N4O4/c1-28-35(26-42-21-19-41(20-22-42)25-30-11-6-3-7-12-30)45-37(46-36(28)32-17-15-31(27-43)16-18-32)33-13-8-14-34(23-33)40-38(44)39-24-29-9-4-2-5-10-29/h2-18,23,28,35-37,43H,19-22,24-27H2,1H3,(H2,39,40,44)/t28-,35+,36+,37+/m1/s1. The van der Waals surface area contributed by atoms with E-state index in [-0.39, 0.29) is 30.8 Å². The van der Waals surface area contributed by atoms with Crippen LogP contribution in [0.25, 0.3) is 0 Å². The zero-order chi connectivity index (χ0) is 31.7. The number of carbonyl (C=O) groups excluding carboxylic acids is 1. The summed E-state index contributed by atoms with van der Waals surface area (Å²) in [4.78, 5) is 17.7. The molecule has 2 heterocycles. The molecule has 2 fully saturated rings. The third kappa shape index (κ3) is 8.40. The first-order chi connectivity index (χ1) is 22.5. The molecule has 2 aliphatic heterocycles. The normalized spacial score (nSPS) is 22.3. The molecule has 0 radical (unpaired) electrons. The highest BCUT2D eigenvalue weighted by molar-refractivity contribution is 5.89. The van der Waals surface area contributed by atoms with E-state index in [1.54, 1.807) is 0 Å². The Morgan fingerprint density at radius 3 is 2.13 bits per heavy atom. The summed E-state index contributed by atoms with van der Waals surface area (Å²) in [7, 11) is 0. The molecule has 3 N–H and O–H groups in total. The van der Waals surface area contributed by atoms with Gasteiger partial charge in [-0.3, -0.25) is 9.80 Å². The number of piperazine rings is 1. The van der Waals surface area contributed by atoms with Crippen LogP contribution in [0.3, 0.4) is 0 Å². The molecule has 0 spiro atoms. The molecule has 46 heavy (non-hydrogen) atoms. The Balaban J connectivity index is 1.13. The molecule has 2 amide bonds. The average Bonchev–Trinajstić information content (AvgIpc) is 3.10. The van der Waals surface area contributed by atoms with Crippen LogP contribution in [0.5, 0.6) is 0 Å². The van der Waals surface area contributed by atoms with E-state index >= 15 is 0 Å². The van der Waals surface area contributed by atoms with E-state index < -0.39 is 6.29 Å². The van der Waals surface area contributed by atoms with E-state index in [2.05, 4.69) is 57.7 Å². The van der Waals surface area contributed by atoms with Crippen LogP contribution in [-0.2, 0) is 29.2 Å². The fourth-order valence-electron chi connectivity index (χ4n) is 6.27. The highest BCUT2D eigenvalue weighted by Crippen LogP contribution is 2.42. The second kappa shape index (κ2) is 15.5. The molecule has 0 bridgehead atoms. The zero-order valence-corrected chi connectivity index (χ0v) is 26.4. The molecule has 8 nitrogen and oxygen atoms in total. The molecule has 0 unspecified atom stereocenters. The summed E-state index contributed by atoms with van der Waals surface area (Å²) < 4.78 is 13.4. The topological polar surface area (TPSA) is 86.3 Å². The number of nitrogens with zero attached hydrogens (tertiary/aromatic N) is 2. The van der Waals surface area contributed by atoms with E-state index in [0.717, 1.165) is 61.5 Å². The lowest BCUT2D eigenvalue weighted by Crippen LogP contribution is -2.51. The third-order valence-electron chi connectivity index (χ3n) is 8.99. The molecule has 4 aromatic carbocycles. The Labute approximate surface area is 272 Å². The van der Waals surface area contributed by atoms with Crippen molar-refractivity contribution in [3.05, 3.63) is 137 Å². The molecule has 6 rings (SSSR count). The van der Waals surface area contributed by atoms with Gasteiger partial charge in [0, 0.05) is 63.0 Å². The maximum absolute atomic E-state index is 12.7. The average molecular weight is 621 g/mol. The maximum atomic E-state index is 12.7.